The maximum Gasteiger partial charge on any atom is 0.220 e. The van der Waals surface area contributed by atoms with Gasteiger partial charge < -0.3 is 10.1 Å². The Balaban J connectivity index is 1.61. The molecule has 8 heteroatoms. The van der Waals surface area contributed by atoms with Gasteiger partial charge in [0.1, 0.15) is 11.6 Å². The molecule has 0 atom stereocenters. The Hall–Kier alpha value is -3.47. The van der Waals surface area contributed by atoms with Crippen molar-refractivity contribution in [3.05, 3.63) is 52.6 Å². The fourth-order valence-corrected chi connectivity index (χ4v) is 3.27. The van der Waals surface area contributed by atoms with Crippen LogP contribution in [0, 0.1) is 25.2 Å². The average Bonchev–Trinajstić information content (AvgIpc) is 3.16. The van der Waals surface area contributed by atoms with E-state index >= 15 is 0 Å². The van der Waals surface area contributed by atoms with Crippen molar-refractivity contribution in [2.24, 2.45) is 0 Å². The van der Waals surface area contributed by atoms with Gasteiger partial charge >= 0.3 is 0 Å². The van der Waals surface area contributed by atoms with Gasteiger partial charge in [-0.3, -0.25) is 4.79 Å². The highest BCUT2D eigenvalue weighted by Gasteiger charge is 2.15. The summed E-state index contributed by atoms with van der Waals surface area (Å²) in [5, 5.41) is 16.4. The molecule has 30 heavy (non-hydrogen) atoms. The van der Waals surface area contributed by atoms with Crippen molar-refractivity contribution < 1.29 is 9.53 Å². The number of nitrogens with one attached hydrogen (secondary N) is 1. The van der Waals surface area contributed by atoms with Crippen LogP contribution in [0.3, 0.4) is 0 Å². The molecule has 3 aromatic heterocycles. The van der Waals surface area contributed by atoms with Crippen molar-refractivity contribution in [1.82, 2.24) is 24.9 Å². The van der Waals surface area contributed by atoms with Crippen LogP contribution in [0.25, 0.3) is 5.65 Å². The third-order valence-corrected chi connectivity index (χ3v) is 4.99. The van der Waals surface area contributed by atoms with E-state index in [0.29, 0.717) is 43.1 Å². The highest BCUT2D eigenvalue weighted by Crippen LogP contribution is 2.18. The quantitative estimate of drug-likeness (QED) is 0.548. The van der Waals surface area contributed by atoms with Gasteiger partial charge in [-0.15, -0.1) is 0 Å². The van der Waals surface area contributed by atoms with Crippen LogP contribution in [0.4, 0.5) is 0 Å². The van der Waals surface area contributed by atoms with Gasteiger partial charge in [0.05, 0.1) is 12.8 Å². The first-order chi connectivity index (χ1) is 14.5. The molecule has 3 heterocycles. The van der Waals surface area contributed by atoms with Crippen LogP contribution in [-0.4, -0.2) is 32.1 Å². The Morgan fingerprint density at radius 1 is 1.37 bits per heavy atom. The second-order valence-electron chi connectivity index (χ2n) is 7.11. The number of pyridine rings is 1. The van der Waals surface area contributed by atoms with Crippen LogP contribution in [0.1, 0.15) is 54.3 Å². The largest absolute Gasteiger partial charge is 0.477 e. The van der Waals surface area contributed by atoms with Crippen molar-refractivity contribution in [2.75, 3.05) is 6.61 Å². The summed E-state index contributed by atoms with van der Waals surface area (Å²) in [7, 11) is 0. The zero-order valence-electron chi connectivity index (χ0n) is 17.6. The van der Waals surface area contributed by atoms with E-state index in [4.69, 9.17) is 4.74 Å². The summed E-state index contributed by atoms with van der Waals surface area (Å²) >= 11 is 0. The number of carbonyl (C=O) groups is 1. The fourth-order valence-electron chi connectivity index (χ4n) is 3.27. The number of rotatable bonds is 9. The SMILES string of the molecule is CCCCOc1ncccc1CNC(=O)CCc1c(C)nc2c(C#N)cnn2c1C. The third-order valence-electron chi connectivity index (χ3n) is 4.99. The summed E-state index contributed by atoms with van der Waals surface area (Å²) in [5.74, 6) is 0.509. The lowest BCUT2D eigenvalue weighted by Crippen LogP contribution is -2.24. The van der Waals surface area contributed by atoms with Crippen molar-refractivity contribution in [3.63, 3.8) is 0 Å². The molecule has 8 nitrogen and oxygen atoms in total. The molecular weight excluding hydrogens is 380 g/mol. The van der Waals surface area contributed by atoms with Crippen LogP contribution in [0.15, 0.2) is 24.5 Å². The van der Waals surface area contributed by atoms with Crippen LogP contribution < -0.4 is 10.1 Å². The van der Waals surface area contributed by atoms with E-state index in [1.807, 2.05) is 26.0 Å². The molecule has 1 N–H and O–H groups in total. The van der Waals surface area contributed by atoms with E-state index in [1.54, 1.807) is 10.7 Å². The van der Waals surface area contributed by atoms with Crippen LogP contribution in [0.5, 0.6) is 5.88 Å². The lowest BCUT2D eigenvalue weighted by Gasteiger charge is -2.12. The van der Waals surface area contributed by atoms with Gasteiger partial charge in [0, 0.05) is 36.1 Å². The minimum Gasteiger partial charge on any atom is -0.477 e. The Kier molecular flexibility index (Phi) is 6.96. The number of ether oxygens (including phenoxy) is 1. The molecule has 3 rings (SSSR count). The molecule has 1 amide bonds. The summed E-state index contributed by atoms with van der Waals surface area (Å²) in [6.07, 6.45) is 6.09. The molecule has 0 unspecified atom stereocenters. The summed E-state index contributed by atoms with van der Waals surface area (Å²) in [6.45, 7) is 6.91. The zero-order valence-corrected chi connectivity index (χ0v) is 17.6. The Morgan fingerprint density at radius 3 is 2.97 bits per heavy atom. The predicted molar refractivity (Wildman–Crippen MR) is 112 cm³/mol. The average molecular weight is 406 g/mol. The molecule has 0 saturated heterocycles. The molecule has 0 radical (unpaired) electrons. The molecule has 3 aromatic rings. The number of aryl methyl sites for hydroxylation is 2. The molecular formula is C22H26N6O2. The summed E-state index contributed by atoms with van der Waals surface area (Å²) in [5.41, 5.74) is 4.52. The van der Waals surface area contributed by atoms with Crippen molar-refractivity contribution in [3.8, 4) is 11.9 Å². The Bertz CT molecular complexity index is 1080. The minimum absolute atomic E-state index is 0.0598. The molecule has 0 aromatic carbocycles. The van der Waals surface area contributed by atoms with Crippen molar-refractivity contribution in [2.45, 2.75) is 53.0 Å². The van der Waals surface area contributed by atoms with Gasteiger partial charge in [-0.1, -0.05) is 19.4 Å². The summed E-state index contributed by atoms with van der Waals surface area (Å²) in [4.78, 5) is 21.2. The fraction of sp³-hybridized carbons (Fsp3) is 0.409. The molecule has 0 spiro atoms. The number of fused-ring (bicyclic) bond motifs is 1. The first kappa shape index (κ1) is 21.2. The third kappa shape index (κ3) is 4.74. The lowest BCUT2D eigenvalue weighted by molar-refractivity contribution is -0.121. The molecule has 156 valence electrons. The normalized spacial score (nSPS) is 10.7. The molecule has 0 aliphatic heterocycles. The topological polar surface area (TPSA) is 105 Å². The van der Waals surface area contributed by atoms with E-state index in [9.17, 15) is 10.1 Å². The van der Waals surface area contributed by atoms with Gasteiger partial charge in [-0.25, -0.2) is 14.5 Å². The highest BCUT2D eigenvalue weighted by atomic mass is 16.5. The Labute approximate surface area is 175 Å². The molecule has 0 bridgehead atoms. The number of aromatic nitrogens is 4. The van der Waals surface area contributed by atoms with Crippen LogP contribution in [-0.2, 0) is 17.8 Å². The summed E-state index contributed by atoms with van der Waals surface area (Å²) in [6, 6.07) is 5.84. The van der Waals surface area contributed by atoms with E-state index in [0.717, 1.165) is 35.4 Å². The van der Waals surface area contributed by atoms with E-state index in [-0.39, 0.29) is 5.91 Å². The molecule has 0 saturated carbocycles. The highest BCUT2D eigenvalue weighted by molar-refractivity contribution is 5.76. The van der Waals surface area contributed by atoms with Gasteiger partial charge in [0.15, 0.2) is 5.65 Å². The number of unbranched alkanes of at least 4 members (excludes halogenated alkanes) is 1. The van der Waals surface area contributed by atoms with Crippen molar-refractivity contribution in [1.29, 1.82) is 5.26 Å². The lowest BCUT2D eigenvalue weighted by atomic mass is 10.1. The number of hydrogen-bond donors (Lipinski definition) is 1. The number of hydrogen-bond acceptors (Lipinski definition) is 6. The molecule has 0 fully saturated rings. The first-order valence-corrected chi connectivity index (χ1v) is 10.1. The number of nitriles is 1. The van der Waals surface area contributed by atoms with E-state index in [1.165, 1.54) is 6.20 Å². The summed E-state index contributed by atoms with van der Waals surface area (Å²) < 4.78 is 7.38. The van der Waals surface area contributed by atoms with Crippen molar-refractivity contribution >= 4 is 11.6 Å². The maximum absolute atomic E-state index is 12.4. The van der Waals surface area contributed by atoms with Gasteiger partial charge in [-0.05, 0) is 38.3 Å². The second-order valence-corrected chi connectivity index (χ2v) is 7.11. The Morgan fingerprint density at radius 2 is 2.20 bits per heavy atom. The zero-order chi connectivity index (χ0) is 21.5. The predicted octanol–water partition coefficient (Wildman–Crippen LogP) is 3.04. The standard InChI is InChI=1S/C22H26N6O2/c1-4-5-11-30-22-17(7-6-10-24-22)13-25-20(29)9-8-19-15(2)27-21-18(12-23)14-26-28(21)16(19)3/h6-7,10,14H,4-5,8-9,11,13H2,1-3H3,(H,25,29). The monoisotopic (exact) mass is 406 g/mol. The second kappa shape index (κ2) is 9.83. The number of amides is 1. The maximum atomic E-state index is 12.4. The van der Waals surface area contributed by atoms with E-state index in [2.05, 4.69) is 33.4 Å². The first-order valence-electron chi connectivity index (χ1n) is 10.1. The smallest absolute Gasteiger partial charge is 0.220 e. The van der Waals surface area contributed by atoms with Crippen LogP contribution >= 0.6 is 0 Å². The number of nitrogens with zero attached hydrogens (tertiary/aromatic N) is 5. The van der Waals surface area contributed by atoms with Gasteiger partial charge in [0.25, 0.3) is 0 Å². The van der Waals surface area contributed by atoms with Gasteiger partial charge in [-0.2, -0.15) is 10.4 Å². The molecule has 0 aliphatic rings. The van der Waals surface area contributed by atoms with E-state index < -0.39 is 0 Å². The number of carbonyl (C=O) groups excluding carboxylic acids is 1. The molecule has 0 aliphatic carbocycles. The van der Waals surface area contributed by atoms with Crippen LogP contribution in [0.2, 0.25) is 0 Å². The van der Waals surface area contributed by atoms with Gasteiger partial charge in [0.2, 0.25) is 11.8 Å². The minimum atomic E-state index is -0.0598.